The minimum atomic E-state index is 0.0393. The van der Waals surface area contributed by atoms with Crippen LogP contribution in [0.2, 0.25) is 0 Å². The minimum Gasteiger partial charge on any atom is -0.354 e. The van der Waals surface area contributed by atoms with E-state index in [1.54, 1.807) is 13.1 Å². The van der Waals surface area contributed by atoms with E-state index in [1.807, 2.05) is 12.1 Å². The highest BCUT2D eigenvalue weighted by Gasteiger charge is 2.20. The lowest BCUT2D eigenvalue weighted by atomic mass is 10.0. The number of nitrogens with one attached hydrogen (secondary N) is 1. The molecular weight excluding hydrogens is 240 g/mol. The van der Waals surface area contributed by atoms with Crippen LogP contribution in [0.3, 0.4) is 0 Å². The van der Waals surface area contributed by atoms with Gasteiger partial charge >= 0.3 is 0 Å². The first kappa shape index (κ1) is 13.5. The van der Waals surface area contributed by atoms with Crippen LogP contribution in [0, 0.1) is 11.3 Å². The first-order valence-corrected chi connectivity index (χ1v) is 6.52. The van der Waals surface area contributed by atoms with Crippen LogP contribution >= 0.6 is 0 Å². The van der Waals surface area contributed by atoms with Gasteiger partial charge in [0.05, 0.1) is 0 Å². The second kappa shape index (κ2) is 6.30. The average molecular weight is 258 g/mol. The van der Waals surface area contributed by atoms with Gasteiger partial charge in [-0.05, 0) is 18.9 Å². The third kappa shape index (κ3) is 3.76. The number of rotatable bonds is 3. The number of nitriles is 1. The molecule has 1 N–H and O–H groups in total. The molecule has 1 amide bonds. The zero-order valence-corrected chi connectivity index (χ0v) is 11.1. The maximum absolute atomic E-state index is 11.0. The van der Waals surface area contributed by atoms with Crippen LogP contribution in [-0.4, -0.2) is 34.9 Å². The Balaban J connectivity index is 1.89. The molecule has 1 fully saturated rings. The normalized spacial score (nSPS) is 16.8. The van der Waals surface area contributed by atoms with Crippen molar-refractivity contribution < 1.29 is 4.79 Å². The predicted molar refractivity (Wildman–Crippen MR) is 71.1 cm³/mol. The Bertz CT molecular complexity index is 486. The number of aromatic nitrogens is 1. The summed E-state index contributed by atoms with van der Waals surface area (Å²) in [4.78, 5) is 17.4. The van der Waals surface area contributed by atoms with Gasteiger partial charge < -0.3 is 5.32 Å². The van der Waals surface area contributed by atoms with Gasteiger partial charge in [-0.2, -0.15) is 5.26 Å². The number of hydrogen-bond donors (Lipinski definition) is 1. The van der Waals surface area contributed by atoms with Crippen LogP contribution < -0.4 is 5.32 Å². The van der Waals surface area contributed by atoms with Gasteiger partial charge in [-0.15, -0.1) is 0 Å². The van der Waals surface area contributed by atoms with E-state index in [-0.39, 0.29) is 11.9 Å². The Morgan fingerprint density at radius 3 is 2.95 bits per heavy atom. The van der Waals surface area contributed by atoms with E-state index in [1.165, 1.54) is 0 Å². The summed E-state index contributed by atoms with van der Waals surface area (Å²) in [5.74, 6) is 0.0393. The highest BCUT2D eigenvalue weighted by Crippen LogP contribution is 2.15. The molecule has 0 bridgehead atoms. The molecule has 0 unspecified atom stereocenters. The summed E-state index contributed by atoms with van der Waals surface area (Å²) < 4.78 is 0. The van der Waals surface area contributed by atoms with Crippen LogP contribution in [0.4, 0.5) is 0 Å². The molecule has 2 heterocycles. The van der Waals surface area contributed by atoms with Gasteiger partial charge in [-0.1, -0.05) is 6.07 Å². The van der Waals surface area contributed by atoms with Gasteiger partial charge in [0.2, 0.25) is 5.91 Å². The Morgan fingerprint density at radius 2 is 2.32 bits per heavy atom. The number of likely N-dealkylation sites (tertiary alicyclic amines) is 1. The summed E-state index contributed by atoms with van der Waals surface area (Å²) in [6, 6.07) is 6.23. The number of hydrogen-bond acceptors (Lipinski definition) is 4. The first-order valence-electron chi connectivity index (χ1n) is 6.52. The van der Waals surface area contributed by atoms with Crippen molar-refractivity contribution in [3.8, 4) is 6.07 Å². The molecule has 0 radical (unpaired) electrons. The number of pyridine rings is 1. The molecular formula is C14H18N4O. The lowest BCUT2D eigenvalue weighted by molar-refractivity contribution is -0.119. The minimum absolute atomic E-state index is 0.0393. The molecule has 100 valence electrons. The summed E-state index contributed by atoms with van der Waals surface area (Å²) in [5.41, 5.74) is 1.48. The van der Waals surface area contributed by atoms with Gasteiger partial charge in [0.15, 0.2) is 0 Å². The Hall–Kier alpha value is -1.93. The smallest absolute Gasteiger partial charge is 0.217 e. The van der Waals surface area contributed by atoms with E-state index in [4.69, 9.17) is 5.26 Å². The van der Waals surface area contributed by atoms with Crippen molar-refractivity contribution in [1.82, 2.24) is 15.2 Å². The quantitative estimate of drug-likeness (QED) is 0.880. The molecule has 2 rings (SSSR count). The van der Waals surface area contributed by atoms with E-state index in [9.17, 15) is 4.79 Å². The van der Waals surface area contributed by atoms with E-state index < -0.39 is 0 Å². The molecule has 0 aromatic carbocycles. The highest BCUT2D eigenvalue weighted by atomic mass is 16.1. The fourth-order valence-corrected chi connectivity index (χ4v) is 2.43. The molecule has 1 aliphatic heterocycles. The number of nitrogens with zero attached hydrogens (tertiary/aromatic N) is 3. The van der Waals surface area contributed by atoms with Gasteiger partial charge in [0, 0.05) is 44.4 Å². The van der Waals surface area contributed by atoms with Crippen molar-refractivity contribution in [1.29, 1.82) is 5.26 Å². The molecule has 1 saturated heterocycles. The fraction of sp³-hybridized carbons (Fsp3) is 0.500. The molecule has 5 heteroatoms. The molecule has 0 saturated carbocycles. The Labute approximate surface area is 113 Å². The third-order valence-corrected chi connectivity index (χ3v) is 3.39. The summed E-state index contributed by atoms with van der Waals surface area (Å²) in [6.45, 7) is 4.18. The first-order chi connectivity index (χ1) is 9.19. The molecule has 1 aromatic rings. The van der Waals surface area contributed by atoms with Crippen molar-refractivity contribution >= 4 is 5.91 Å². The van der Waals surface area contributed by atoms with Crippen LogP contribution in [0.15, 0.2) is 18.3 Å². The summed E-state index contributed by atoms with van der Waals surface area (Å²) in [5, 5.41) is 12.0. The molecule has 0 aliphatic carbocycles. The standard InChI is InChI=1S/C14H18N4O/c1-11(19)17-13-4-7-18(8-5-13)10-12-3-2-6-16-14(12)9-15/h2-3,6,13H,4-5,7-8,10H2,1H3,(H,17,19). The van der Waals surface area contributed by atoms with Crippen molar-refractivity contribution in [3.63, 3.8) is 0 Å². The summed E-state index contributed by atoms with van der Waals surface area (Å²) in [7, 11) is 0. The maximum atomic E-state index is 11.0. The topological polar surface area (TPSA) is 69.0 Å². The van der Waals surface area contributed by atoms with Crippen LogP contribution in [-0.2, 0) is 11.3 Å². The number of carbonyl (C=O) groups is 1. The van der Waals surface area contributed by atoms with Crippen molar-refractivity contribution in [2.24, 2.45) is 0 Å². The van der Waals surface area contributed by atoms with Crippen molar-refractivity contribution in [2.75, 3.05) is 13.1 Å². The van der Waals surface area contributed by atoms with Gasteiger partial charge in [0.25, 0.3) is 0 Å². The van der Waals surface area contributed by atoms with E-state index >= 15 is 0 Å². The summed E-state index contributed by atoms with van der Waals surface area (Å²) in [6.07, 6.45) is 3.56. The Morgan fingerprint density at radius 1 is 1.58 bits per heavy atom. The second-order valence-corrected chi connectivity index (χ2v) is 4.87. The second-order valence-electron chi connectivity index (χ2n) is 4.87. The summed E-state index contributed by atoms with van der Waals surface area (Å²) >= 11 is 0. The number of piperidine rings is 1. The van der Waals surface area contributed by atoms with Crippen molar-refractivity contribution in [3.05, 3.63) is 29.6 Å². The molecule has 1 aromatic heterocycles. The predicted octanol–water partition coefficient (Wildman–Crippen LogP) is 1.05. The molecule has 5 nitrogen and oxygen atoms in total. The fourth-order valence-electron chi connectivity index (χ4n) is 2.43. The molecule has 1 aliphatic rings. The number of amides is 1. The van der Waals surface area contributed by atoms with Gasteiger partial charge in [-0.3, -0.25) is 9.69 Å². The lowest BCUT2D eigenvalue weighted by Gasteiger charge is -2.32. The highest BCUT2D eigenvalue weighted by molar-refractivity contribution is 5.73. The molecule has 0 spiro atoms. The lowest BCUT2D eigenvalue weighted by Crippen LogP contribution is -2.43. The zero-order valence-electron chi connectivity index (χ0n) is 11.1. The SMILES string of the molecule is CC(=O)NC1CCN(Cc2cccnc2C#N)CC1. The Kier molecular flexibility index (Phi) is 4.48. The maximum Gasteiger partial charge on any atom is 0.217 e. The van der Waals surface area contributed by atoms with Crippen LogP contribution in [0.25, 0.3) is 0 Å². The van der Waals surface area contributed by atoms with Gasteiger partial charge in [-0.25, -0.2) is 4.98 Å². The van der Waals surface area contributed by atoms with E-state index in [0.717, 1.165) is 38.0 Å². The van der Waals surface area contributed by atoms with Crippen LogP contribution in [0.1, 0.15) is 31.0 Å². The third-order valence-electron chi connectivity index (χ3n) is 3.39. The van der Waals surface area contributed by atoms with E-state index in [0.29, 0.717) is 5.69 Å². The van der Waals surface area contributed by atoms with Gasteiger partial charge in [0.1, 0.15) is 11.8 Å². The number of carbonyl (C=O) groups excluding carboxylic acids is 1. The zero-order chi connectivity index (χ0) is 13.7. The monoisotopic (exact) mass is 258 g/mol. The average Bonchev–Trinajstić information content (AvgIpc) is 2.41. The van der Waals surface area contributed by atoms with Crippen LogP contribution in [0.5, 0.6) is 0 Å². The molecule has 19 heavy (non-hydrogen) atoms. The van der Waals surface area contributed by atoms with E-state index in [2.05, 4.69) is 21.3 Å². The van der Waals surface area contributed by atoms with Crippen molar-refractivity contribution in [2.45, 2.75) is 32.4 Å². The molecule has 0 atom stereocenters. The largest absolute Gasteiger partial charge is 0.354 e.